The number of rotatable bonds is 3. The molecule has 2 aliphatic rings. The summed E-state index contributed by atoms with van der Waals surface area (Å²) in [7, 11) is 0. The molecule has 0 bridgehead atoms. The molecule has 9 aromatic carbocycles. The average molecular weight is 689 g/mol. The number of hydrogen-bond acceptors (Lipinski definition) is 2. The first-order valence-corrected chi connectivity index (χ1v) is 18.8. The van der Waals surface area contributed by atoms with Crippen molar-refractivity contribution in [2.24, 2.45) is 0 Å². The van der Waals surface area contributed by atoms with Crippen LogP contribution in [0.4, 0.5) is 0 Å². The summed E-state index contributed by atoms with van der Waals surface area (Å²) >= 11 is 0. The van der Waals surface area contributed by atoms with Crippen LogP contribution in [0, 0.1) is 0 Å². The maximum atomic E-state index is 6.83. The van der Waals surface area contributed by atoms with Crippen LogP contribution in [0.3, 0.4) is 0 Å². The van der Waals surface area contributed by atoms with Gasteiger partial charge in [-0.25, -0.2) is 0 Å². The second kappa shape index (κ2) is 11.3. The second-order valence-electron chi connectivity index (χ2n) is 14.7. The molecular formula is C52H32O2. The van der Waals surface area contributed by atoms with E-state index in [-0.39, 0.29) is 5.92 Å². The fraction of sp³-hybridized carbons (Fsp3) is 0.0385. The third-order valence-corrected chi connectivity index (χ3v) is 11.8. The van der Waals surface area contributed by atoms with Crippen molar-refractivity contribution in [2.45, 2.75) is 12.3 Å². The number of fused-ring (bicyclic) bond motifs is 10. The second-order valence-corrected chi connectivity index (χ2v) is 14.7. The van der Waals surface area contributed by atoms with E-state index >= 15 is 0 Å². The quantitative estimate of drug-likeness (QED) is 0.172. The summed E-state index contributed by atoms with van der Waals surface area (Å²) in [6.45, 7) is 0. The van der Waals surface area contributed by atoms with Crippen molar-refractivity contribution in [1.29, 1.82) is 0 Å². The highest BCUT2D eigenvalue weighted by Crippen LogP contribution is 2.53. The molecule has 1 atom stereocenters. The highest BCUT2D eigenvalue weighted by Gasteiger charge is 2.40. The van der Waals surface area contributed by atoms with Crippen LogP contribution in [-0.4, -0.2) is 0 Å². The van der Waals surface area contributed by atoms with Crippen LogP contribution in [0.1, 0.15) is 28.4 Å². The molecule has 0 N–H and O–H groups in total. The van der Waals surface area contributed by atoms with Crippen LogP contribution in [0.25, 0.3) is 81.9 Å². The fourth-order valence-electron chi connectivity index (χ4n) is 9.36. The zero-order chi connectivity index (χ0) is 35.3. The van der Waals surface area contributed by atoms with Gasteiger partial charge in [-0.3, -0.25) is 0 Å². The first kappa shape index (κ1) is 29.7. The standard InChI is InChI=1S/C52H32O2/c1-3-13-33-27-35(23-21-31(33)11-1)48-40-17-5-6-18-41(40)49(36-24-22-32-12-2-4-14-34(32)28-36)43-29-37(25-26-42(43)48)50-51-44(38-15-7-9-19-46(38)53-51)30-45-39-16-8-10-20-47(39)54-52(45)50/h1-29,44H,30H2. The Morgan fingerprint density at radius 1 is 0.426 bits per heavy atom. The van der Waals surface area contributed by atoms with Gasteiger partial charge in [0.15, 0.2) is 0 Å². The third kappa shape index (κ3) is 4.28. The zero-order valence-corrected chi connectivity index (χ0v) is 29.3. The van der Waals surface area contributed by atoms with E-state index in [9.17, 15) is 0 Å². The zero-order valence-electron chi connectivity index (χ0n) is 29.3. The Balaban J connectivity index is 1.20. The van der Waals surface area contributed by atoms with E-state index in [1.165, 1.54) is 81.9 Å². The number of para-hydroxylation sites is 2. The molecule has 1 aromatic heterocycles. The summed E-state index contributed by atoms with van der Waals surface area (Å²) < 4.78 is 13.6. The molecule has 2 heteroatoms. The SMILES string of the molecule is c1ccc2c(c1)OC1=C(c3ccc4c(-c5ccc6ccccc6c5)c5ccccc5c(-c5ccc6ccccc6c5)c4c3)c3oc4ccccc4c3CC12. The molecule has 2 heterocycles. The van der Waals surface area contributed by atoms with E-state index in [0.717, 1.165) is 40.4 Å². The molecule has 10 aromatic rings. The number of hydrogen-bond donors (Lipinski definition) is 0. The largest absolute Gasteiger partial charge is 0.460 e. The summed E-state index contributed by atoms with van der Waals surface area (Å²) in [5.74, 6) is 2.94. The van der Waals surface area contributed by atoms with Crippen LogP contribution in [0.5, 0.6) is 5.75 Å². The smallest absolute Gasteiger partial charge is 0.142 e. The van der Waals surface area contributed by atoms with Gasteiger partial charge in [-0.15, -0.1) is 0 Å². The normalized spacial score (nSPS) is 14.9. The van der Waals surface area contributed by atoms with Gasteiger partial charge >= 0.3 is 0 Å². The Morgan fingerprint density at radius 2 is 0.981 bits per heavy atom. The van der Waals surface area contributed by atoms with Crippen molar-refractivity contribution in [3.63, 3.8) is 0 Å². The average Bonchev–Trinajstić information content (AvgIpc) is 3.79. The molecular weight excluding hydrogens is 657 g/mol. The van der Waals surface area contributed by atoms with E-state index in [1.54, 1.807) is 0 Å². The Labute approximate surface area is 312 Å². The summed E-state index contributed by atoms with van der Waals surface area (Å²) in [5, 5.41) is 11.0. The summed E-state index contributed by atoms with van der Waals surface area (Å²) in [4.78, 5) is 0. The maximum Gasteiger partial charge on any atom is 0.142 e. The molecule has 0 spiro atoms. The minimum Gasteiger partial charge on any atom is -0.460 e. The molecule has 0 amide bonds. The van der Waals surface area contributed by atoms with E-state index in [4.69, 9.17) is 9.15 Å². The van der Waals surface area contributed by atoms with Crippen molar-refractivity contribution in [3.05, 3.63) is 204 Å². The molecule has 54 heavy (non-hydrogen) atoms. The van der Waals surface area contributed by atoms with E-state index in [2.05, 4.69) is 176 Å². The predicted octanol–water partition coefficient (Wildman–Crippen LogP) is 13.9. The van der Waals surface area contributed by atoms with Gasteiger partial charge in [-0.1, -0.05) is 146 Å². The first-order valence-electron chi connectivity index (χ1n) is 18.8. The maximum absolute atomic E-state index is 6.83. The molecule has 1 unspecified atom stereocenters. The molecule has 1 aliphatic carbocycles. The topological polar surface area (TPSA) is 22.4 Å². The molecule has 0 saturated carbocycles. The molecule has 0 saturated heterocycles. The van der Waals surface area contributed by atoms with Crippen LogP contribution < -0.4 is 4.74 Å². The van der Waals surface area contributed by atoms with Gasteiger partial charge in [0.05, 0.1) is 11.5 Å². The Hall–Kier alpha value is -6.90. The lowest BCUT2D eigenvalue weighted by molar-refractivity contribution is 0.421. The van der Waals surface area contributed by atoms with Gasteiger partial charge < -0.3 is 9.15 Å². The number of furan rings is 1. The lowest BCUT2D eigenvalue weighted by Crippen LogP contribution is -2.13. The predicted molar refractivity (Wildman–Crippen MR) is 223 cm³/mol. The van der Waals surface area contributed by atoms with Crippen LogP contribution >= 0.6 is 0 Å². The van der Waals surface area contributed by atoms with E-state index < -0.39 is 0 Å². The van der Waals surface area contributed by atoms with E-state index in [1.807, 2.05) is 0 Å². The molecule has 0 radical (unpaired) electrons. The van der Waals surface area contributed by atoms with E-state index in [0.29, 0.717) is 0 Å². The van der Waals surface area contributed by atoms with Crippen LogP contribution in [0.2, 0.25) is 0 Å². The lowest BCUT2D eigenvalue weighted by Gasteiger charge is -2.23. The van der Waals surface area contributed by atoms with Crippen molar-refractivity contribution < 1.29 is 9.15 Å². The minimum atomic E-state index is 0.116. The first-order chi connectivity index (χ1) is 26.8. The van der Waals surface area contributed by atoms with Gasteiger partial charge in [0.2, 0.25) is 0 Å². The number of allylic oxidation sites excluding steroid dienone is 1. The van der Waals surface area contributed by atoms with Crippen LogP contribution in [0.15, 0.2) is 186 Å². The molecule has 12 rings (SSSR count). The Kier molecular flexibility index (Phi) is 6.20. The Morgan fingerprint density at radius 3 is 1.70 bits per heavy atom. The van der Waals surface area contributed by atoms with Gasteiger partial charge in [0.1, 0.15) is 22.9 Å². The minimum absolute atomic E-state index is 0.116. The molecule has 0 fully saturated rings. The van der Waals surface area contributed by atoms with Crippen molar-refractivity contribution in [1.82, 2.24) is 0 Å². The molecule has 252 valence electrons. The lowest BCUT2D eigenvalue weighted by atomic mass is 9.80. The van der Waals surface area contributed by atoms with Gasteiger partial charge in [-0.2, -0.15) is 0 Å². The molecule has 1 aliphatic heterocycles. The van der Waals surface area contributed by atoms with Crippen molar-refractivity contribution in [2.75, 3.05) is 0 Å². The summed E-state index contributed by atoms with van der Waals surface area (Å²) in [5.41, 5.74) is 10.4. The monoisotopic (exact) mass is 688 g/mol. The number of benzene rings is 9. The highest BCUT2D eigenvalue weighted by atomic mass is 16.5. The fourth-order valence-corrected chi connectivity index (χ4v) is 9.36. The van der Waals surface area contributed by atoms with Crippen molar-refractivity contribution >= 4 is 59.6 Å². The van der Waals surface area contributed by atoms with Crippen molar-refractivity contribution in [3.8, 4) is 28.0 Å². The summed E-state index contributed by atoms with van der Waals surface area (Å²) in [6.07, 6.45) is 0.842. The van der Waals surface area contributed by atoms with Gasteiger partial charge in [0.25, 0.3) is 0 Å². The molecule has 2 nitrogen and oxygen atoms in total. The third-order valence-electron chi connectivity index (χ3n) is 11.8. The van der Waals surface area contributed by atoms with Gasteiger partial charge in [0, 0.05) is 16.5 Å². The Bertz CT molecular complexity index is 3230. The number of ether oxygens (including phenoxy) is 1. The van der Waals surface area contributed by atoms with Gasteiger partial charge in [-0.05, 0) is 108 Å². The summed E-state index contributed by atoms with van der Waals surface area (Å²) in [6, 6.07) is 64.0. The van der Waals surface area contributed by atoms with Crippen LogP contribution in [-0.2, 0) is 6.42 Å². The highest BCUT2D eigenvalue weighted by molar-refractivity contribution is 6.22.